The number of hydrogen-bond donors (Lipinski definition) is 1. The van der Waals surface area contributed by atoms with E-state index in [0.29, 0.717) is 30.5 Å². The van der Waals surface area contributed by atoms with Crippen LogP contribution in [0.3, 0.4) is 0 Å². The molecule has 0 bridgehead atoms. The fourth-order valence-corrected chi connectivity index (χ4v) is 2.54. The monoisotopic (exact) mass is 293 g/mol. The Bertz CT molecular complexity index is 442. The van der Waals surface area contributed by atoms with Crippen molar-refractivity contribution in [2.75, 3.05) is 18.0 Å². The number of halogens is 4. The third-order valence-corrected chi connectivity index (χ3v) is 3.65. The van der Waals surface area contributed by atoms with E-state index in [1.54, 1.807) is 17.2 Å². The van der Waals surface area contributed by atoms with Crippen LogP contribution in [0.4, 0.5) is 19.0 Å². The van der Waals surface area contributed by atoms with Crippen molar-refractivity contribution < 1.29 is 13.2 Å². The van der Waals surface area contributed by atoms with Gasteiger partial charge in [-0.15, -0.1) is 0 Å². The summed E-state index contributed by atoms with van der Waals surface area (Å²) in [6.45, 7) is 0.973. The fourth-order valence-electron chi connectivity index (χ4n) is 2.23. The van der Waals surface area contributed by atoms with Gasteiger partial charge < -0.3 is 10.6 Å². The van der Waals surface area contributed by atoms with E-state index in [1.165, 1.54) is 0 Å². The van der Waals surface area contributed by atoms with Crippen LogP contribution in [0.2, 0.25) is 5.02 Å². The molecule has 0 spiro atoms. The second kappa shape index (κ2) is 5.54. The molecule has 0 atom stereocenters. The molecule has 1 aromatic heterocycles. The zero-order valence-electron chi connectivity index (χ0n) is 10.3. The summed E-state index contributed by atoms with van der Waals surface area (Å²) >= 11 is 6.09. The second-order valence-electron chi connectivity index (χ2n) is 4.66. The maximum absolute atomic E-state index is 12.6. The first-order valence-electron chi connectivity index (χ1n) is 6.08. The molecule has 2 N–H and O–H groups in total. The molecule has 3 nitrogen and oxygen atoms in total. The van der Waals surface area contributed by atoms with Crippen LogP contribution >= 0.6 is 11.6 Å². The van der Waals surface area contributed by atoms with Crippen molar-refractivity contribution in [2.45, 2.75) is 25.6 Å². The Labute approximate surface area is 114 Å². The molecular formula is C12H15ClF3N3. The van der Waals surface area contributed by atoms with Gasteiger partial charge in [0, 0.05) is 25.8 Å². The quantitative estimate of drug-likeness (QED) is 0.911. The van der Waals surface area contributed by atoms with Gasteiger partial charge in [-0.3, -0.25) is 0 Å². The van der Waals surface area contributed by atoms with Crippen molar-refractivity contribution in [2.24, 2.45) is 11.7 Å². The van der Waals surface area contributed by atoms with Crippen molar-refractivity contribution >= 4 is 17.4 Å². The number of piperidine rings is 1. The van der Waals surface area contributed by atoms with Crippen molar-refractivity contribution in [1.29, 1.82) is 0 Å². The highest BCUT2D eigenvalue weighted by molar-refractivity contribution is 6.33. The Morgan fingerprint density at radius 2 is 2.00 bits per heavy atom. The molecule has 0 saturated carbocycles. The molecule has 106 valence electrons. The smallest absolute Gasteiger partial charge is 0.355 e. The van der Waals surface area contributed by atoms with Gasteiger partial charge in [0.25, 0.3) is 0 Å². The van der Waals surface area contributed by atoms with Crippen LogP contribution < -0.4 is 10.6 Å². The van der Waals surface area contributed by atoms with Crippen LogP contribution in [0.5, 0.6) is 0 Å². The van der Waals surface area contributed by atoms with E-state index in [4.69, 9.17) is 17.3 Å². The van der Waals surface area contributed by atoms with E-state index in [0.717, 1.165) is 5.56 Å². The molecule has 1 aliphatic rings. The Hall–Kier alpha value is -1.01. The van der Waals surface area contributed by atoms with Gasteiger partial charge in [0.05, 0.1) is 10.9 Å². The van der Waals surface area contributed by atoms with E-state index in [-0.39, 0.29) is 12.8 Å². The third-order valence-electron chi connectivity index (χ3n) is 3.37. The molecule has 0 aliphatic carbocycles. The topological polar surface area (TPSA) is 42.1 Å². The van der Waals surface area contributed by atoms with E-state index in [1.807, 2.05) is 0 Å². The van der Waals surface area contributed by atoms with Crippen LogP contribution in [-0.4, -0.2) is 24.2 Å². The first-order valence-corrected chi connectivity index (χ1v) is 6.45. The zero-order chi connectivity index (χ0) is 14.0. The number of pyridine rings is 1. The highest BCUT2D eigenvalue weighted by Crippen LogP contribution is 2.36. The van der Waals surface area contributed by atoms with Crippen molar-refractivity contribution in [3.05, 3.63) is 22.8 Å². The van der Waals surface area contributed by atoms with Crippen LogP contribution in [0, 0.1) is 5.92 Å². The predicted octanol–water partition coefficient (Wildman–Crippen LogP) is 2.97. The maximum Gasteiger partial charge on any atom is 0.391 e. The van der Waals surface area contributed by atoms with E-state index in [9.17, 15) is 13.2 Å². The molecule has 7 heteroatoms. The minimum absolute atomic E-state index is 0.0835. The van der Waals surface area contributed by atoms with Crippen LogP contribution in [0.1, 0.15) is 18.4 Å². The Morgan fingerprint density at radius 3 is 2.47 bits per heavy atom. The molecule has 2 rings (SSSR count). The van der Waals surface area contributed by atoms with Gasteiger partial charge in [-0.2, -0.15) is 13.2 Å². The van der Waals surface area contributed by atoms with Crippen molar-refractivity contribution in [3.63, 3.8) is 0 Å². The molecule has 0 aromatic carbocycles. The van der Waals surface area contributed by atoms with Crippen molar-refractivity contribution in [3.8, 4) is 0 Å². The van der Waals surface area contributed by atoms with Crippen LogP contribution in [-0.2, 0) is 6.54 Å². The summed E-state index contributed by atoms with van der Waals surface area (Å²) in [5.41, 5.74) is 6.28. The van der Waals surface area contributed by atoms with Crippen LogP contribution in [0.15, 0.2) is 12.3 Å². The van der Waals surface area contributed by atoms with Crippen molar-refractivity contribution in [1.82, 2.24) is 4.98 Å². The lowest BCUT2D eigenvalue weighted by atomic mass is 9.96. The number of hydrogen-bond acceptors (Lipinski definition) is 3. The van der Waals surface area contributed by atoms with Gasteiger partial charge in [0.15, 0.2) is 0 Å². The molecule has 1 aliphatic heterocycles. The highest BCUT2D eigenvalue weighted by Gasteiger charge is 2.41. The summed E-state index contributed by atoms with van der Waals surface area (Å²) in [4.78, 5) is 5.99. The fraction of sp³-hybridized carbons (Fsp3) is 0.583. The second-order valence-corrected chi connectivity index (χ2v) is 5.06. The minimum atomic E-state index is -4.10. The number of nitrogens with two attached hydrogens (primary N) is 1. The van der Waals surface area contributed by atoms with Crippen LogP contribution in [0.25, 0.3) is 0 Å². The third kappa shape index (κ3) is 3.30. The summed E-state index contributed by atoms with van der Waals surface area (Å²) in [5.74, 6) is -0.676. The number of aromatic nitrogens is 1. The summed E-state index contributed by atoms with van der Waals surface area (Å²) in [7, 11) is 0. The lowest BCUT2D eigenvalue weighted by Crippen LogP contribution is -2.39. The highest BCUT2D eigenvalue weighted by atomic mass is 35.5. The Balaban J connectivity index is 2.06. The number of rotatable bonds is 2. The number of anilines is 1. The lowest BCUT2D eigenvalue weighted by molar-refractivity contribution is -0.179. The first kappa shape index (κ1) is 14.4. The summed E-state index contributed by atoms with van der Waals surface area (Å²) in [5, 5.41) is 0.438. The van der Waals surface area contributed by atoms with Gasteiger partial charge in [-0.05, 0) is 24.5 Å². The summed E-state index contributed by atoms with van der Waals surface area (Å²) in [6, 6.07) is 1.71. The first-order chi connectivity index (χ1) is 8.91. The average Bonchev–Trinajstić information content (AvgIpc) is 2.37. The molecule has 19 heavy (non-hydrogen) atoms. The molecular weight excluding hydrogens is 279 g/mol. The molecule has 0 radical (unpaired) electrons. The summed E-state index contributed by atoms with van der Waals surface area (Å²) in [6.07, 6.45) is -2.33. The molecule has 1 saturated heterocycles. The van der Waals surface area contributed by atoms with Gasteiger partial charge in [0.1, 0.15) is 5.82 Å². The largest absolute Gasteiger partial charge is 0.391 e. The zero-order valence-corrected chi connectivity index (χ0v) is 11.0. The molecule has 1 aromatic rings. The lowest BCUT2D eigenvalue weighted by Gasteiger charge is -2.34. The standard InChI is InChI=1S/C12H15ClF3N3/c13-10-5-8(6-17)7-18-11(10)19-3-1-9(2-4-19)12(14,15)16/h5,7,9H,1-4,6,17H2. The molecule has 1 fully saturated rings. The number of nitrogens with zero attached hydrogens (tertiary/aromatic N) is 2. The Morgan fingerprint density at radius 1 is 1.37 bits per heavy atom. The normalized spacial score (nSPS) is 17.8. The van der Waals surface area contributed by atoms with Gasteiger partial charge in [-0.1, -0.05) is 11.6 Å². The molecule has 0 amide bonds. The SMILES string of the molecule is NCc1cnc(N2CCC(C(F)(F)F)CC2)c(Cl)c1. The summed E-state index contributed by atoms with van der Waals surface area (Å²) < 4.78 is 37.7. The molecule has 2 heterocycles. The van der Waals surface area contributed by atoms with E-state index >= 15 is 0 Å². The minimum Gasteiger partial charge on any atom is -0.355 e. The number of alkyl halides is 3. The maximum atomic E-state index is 12.6. The van der Waals surface area contributed by atoms with Gasteiger partial charge in [-0.25, -0.2) is 4.98 Å². The Kier molecular flexibility index (Phi) is 4.20. The predicted molar refractivity (Wildman–Crippen MR) is 68.1 cm³/mol. The molecule has 0 unspecified atom stereocenters. The van der Waals surface area contributed by atoms with E-state index in [2.05, 4.69) is 4.98 Å². The average molecular weight is 294 g/mol. The van der Waals surface area contributed by atoms with Gasteiger partial charge in [0.2, 0.25) is 0 Å². The van der Waals surface area contributed by atoms with Gasteiger partial charge >= 0.3 is 6.18 Å². The van der Waals surface area contributed by atoms with E-state index < -0.39 is 12.1 Å².